The minimum atomic E-state index is -0.481. The number of amides is 1. The SMILES string of the molecule is COCc1cncc2nc(-c3ccncc3)nc(N3CCC4(CCN(C(=O)OC(C)(C)C)C4)CC3)c12. The van der Waals surface area contributed by atoms with E-state index >= 15 is 0 Å². The molecule has 3 aromatic rings. The third kappa shape index (κ3) is 4.97. The van der Waals surface area contributed by atoms with Gasteiger partial charge in [0.15, 0.2) is 5.82 Å². The molecule has 0 aliphatic carbocycles. The Labute approximate surface area is 211 Å². The Morgan fingerprint density at radius 1 is 1.03 bits per heavy atom. The molecule has 9 nitrogen and oxygen atoms in total. The molecule has 5 rings (SSSR count). The number of fused-ring (bicyclic) bond motifs is 1. The molecule has 0 radical (unpaired) electrons. The van der Waals surface area contributed by atoms with Crippen LogP contribution < -0.4 is 4.90 Å². The lowest BCUT2D eigenvalue weighted by Gasteiger charge is -2.40. The fourth-order valence-electron chi connectivity index (χ4n) is 5.27. The lowest BCUT2D eigenvalue weighted by Crippen LogP contribution is -2.43. The number of pyridine rings is 2. The van der Waals surface area contributed by atoms with Crippen LogP contribution in [0.25, 0.3) is 22.3 Å². The van der Waals surface area contributed by atoms with Gasteiger partial charge in [-0.1, -0.05) is 0 Å². The zero-order valence-corrected chi connectivity index (χ0v) is 21.5. The van der Waals surface area contributed by atoms with Crippen molar-refractivity contribution in [2.75, 3.05) is 38.2 Å². The molecule has 2 saturated heterocycles. The summed E-state index contributed by atoms with van der Waals surface area (Å²) in [5.41, 5.74) is 2.34. The highest BCUT2D eigenvalue weighted by Crippen LogP contribution is 2.42. The summed E-state index contributed by atoms with van der Waals surface area (Å²) in [6, 6.07) is 3.85. The molecular formula is C27H34N6O3. The summed E-state index contributed by atoms with van der Waals surface area (Å²) in [4.78, 5) is 35.3. The van der Waals surface area contributed by atoms with Crippen molar-refractivity contribution in [3.05, 3.63) is 42.5 Å². The molecule has 3 aromatic heterocycles. The monoisotopic (exact) mass is 490 g/mol. The summed E-state index contributed by atoms with van der Waals surface area (Å²) in [7, 11) is 1.69. The number of nitrogens with zero attached hydrogens (tertiary/aromatic N) is 6. The molecule has 2 fully saturated rings. The molecule has 1 spiro atoms. The molecule has 2 aliphatic rings. The van der Waals surface area contributed by atoms with Gasteiger partial charge in [0.1, 0.15) is 11.4 Å². The molecule has 5 heterocycles. The Bertz CT molecular complexity index is 1240. The van der Waals surface area contributed by atoms with Crippen molar-refractivity contribution in [3.8, 4) is 11.4 Å². The Balaban J connectivity index is 1.42. The van der Waals surface area contributed by atoms with E-state index in [1.165, 1.54) is 0 Å². The zero-order chi connectivity index (χ0) is 25.3. The number of aromatic nitrogens is 4. The third-order valence-electron chi connectivity index (χ3n) is 7.12. The van der Waals surface area contributed by atoms with Crippen LogP contribution in [0.4, 0.5) is 10.6 Å². The third-order valence-corrected chi connectivity index (χ3v) is 7.12. The van der Waals surface area contributed by atoms with Crippen molar-refractivity contribution in [1.29, 1.82) is 0 Å². The highest BCUT2D eigenvalue weighted by molar-refractivity contribution is 5.93. The average molecular weight is 491 g/mol. The largest absolute Gasteiger partial charge is 0.444 e. The molecule has 0 N–H and O–H groups in total. The van der Waals surface area contributed by atoms with Crippen molar-refractivity contribution in [3.63, 3.8) is 0 Å². The van der Waals surface area contributed by atoms with Gasteiger partial charge in [0.2, 0.25) is 0 Å². The van der Waals surface area contributed by atoms with E-state index < -0.39 is 5.60 Å². The van der Waals surface area contributed by atoms with Crippen LogP contribution in [0, 0.1) is 5.41 Å². The first-order valence-electron chi connectivity index (χ1n) is 12.5. The minimum Gasteiger partial charge on any atom is -0.444 e. The molecule has 0 saturated carbocycles. The number of carbonyl (C=O) groups excluding carboxylic acids is 1. The Morgan fingerprint density at radius 3 is 2.44 bits per heavy atom. The van der Waals surface area contributed by atoms with E-state index in [0.717, 1.165) is 73.3 Å². The standard InChI is InChI=1S/C27H34N6O3/c1-26(2,3)36-25(34)33-14-9-27(18-33)7-12-32(13-8-27)24-22-20(17-35-4)15-29-16-21(22)30-23(31-24)19-5-10-28-11-6-19/h5-6,10-11,15-16H,7-9,12-14,17-18H2,1-4H3. The molecule has 0 aromatic carbocycles. The van der Waals surface area contributed by atoms with Gasteiger partial charge in [-0.3, -0.25) is 9.97 Å². The van der Waals surface area contributed by atoms with Gasteiger partial charge in [0.25, 0.3) is 0 Å². The molecule has 1 amide bonds. The fourth-order valence-corrected chi connectivity index (χ4v) is 5.27. The van der Waals surface area contributed by atoms with Crippen LogP contribution in [-0.2, 0) is 16.1 Å². The summed E-state index contributed by atoms with van der Waals surface area (Å²) in [5, 5.41) is 0.988. The van der Waals surface area contributed by atoms with Crippen molar-refractivity contribution < 1.29 is 14.3 Å². The topological polar surface area (TPSA) is 93.6 Å². The van der Waals surface area contributed by atoms with Crippen LogP contribution in [0.15, 0.2) is 36.9 Å². The summed E-state index contributed by atoms with van der Waals surface area (Å²) < 4.78 is 11.1. The van der Waals surface area contributed by atoms with Crippen molar-refractivity contribution in [2.45, 2.75) is 52.2 Å². The molecule has 190 valence electrons. The molecule has 0 bridgehead atoms. The Morgan fingerprint density at radius 2 is 1.75 bits per heavy atom. The van der Waals surface area contributed by atoms with E-state index in [-0.39, 0.29) is 11.5 Å². The highest BCUT2D eigenvalue weighted by Gasteiger charge is 2.43. The van der Waals surface area contributed by atoms with Crippen LogP contribution in [0.1, 0.15) is 45.6 Å². The second-order valence-corrected chi connectivity index (χ2v) is 10.9. The zero-order valence-electron chi connectivity index (χ0n) is 21.5. The molecule has 0 atom stereocenters. The highest BCUT2D eigenvalue weighted by atomic mass is 16.6. The fraction of sp³-hybridized carbons (Fsp3) is 0.519. The lowest BCUT2D eigenvalue weighted by atomic mass is 9.77. The summed E-state index contributed by atoms with van der Waals surface area (Å²) in [5.74, 6) is 1.58. The molecule has 2 aliphatic heterocycles. The van der Waals surface area contributed by atoms with E-state index in [2.05, 4.69) is 14.9 Å². The number of ether oxygens (including phenoxy) is 2. The van der Waals surface area contributed by atoms with E-state index in [9.17, 15) is 4.79 Å². The normalized spacial score (nSPS) is 17.7. The smallest absolute Gasteiger partial charge is 0.410 e. The maximum atomic E-state index is 12.6. The van der Waals surface area contributed by atoms with Crippen LogP contribution >= 0.6 is 0 Å². The number of methoxy groups -OCH3 is 1. The quantitative estimate of drug-likeness (QED) is 0.529. The van der Waals surface area contributed by atoms with Crippen molar-refractivity contribution >= 4 is 22.8 Å². The van der Waals surface area contributed by atoms with Crippen LogP contribution in [0.3, 0.4) is 0 Å². The van der Waals surface area contributed by atoms with Gasteiger partial charge in [0.05, 0.1) is 23.7 Å². The van der Waals surface area contributed by atoms with E-state index in [1.54, 1.807) is 25.7 Å². The molecule has 36 heavy (non-hydrogen) atoms. The predicted molar refractivity (Wildman–Crippen MR) is 138 cm³/mol. The first-order valence-corrected chi connectivity index (χ1v) is 12.5. The average Bonchev–Trinajstić information content (AvgIpc) is 3.27. The van der Waals surface area contributed by atoms with Gasteiger partial charge < -0.3 is 19.3 Å². The Kier molecular flexibility index (Phi) is 6.51. The minimum absolute atomic E-state index is 0.126. The predicted octanol–water partition coefficient (Wildman–Crippen LogP) is 4.46. The van der Waals surface area contributed by atoms with Gasteiger partial charge in [-0.2, -0.15) is 0 Å². The molecule has 9 heteroatoms. The number of piperidine rings is 1. The van der Waals surface area contributed by atoms with E-state index in [1.807, 2.05) is 44.0 Å². The van der Waals surface area contributed by atoms with Crippen LogP contribution in [0.5, 0.6) is 0 Å². The van der Waals surface area contributed by atoms with Crippen LogP contribution in [-0.4, -0.2) is 69.8 Å². The van der Waals surface area contributed by atoms with E-state index in [4.69, 9.17) is 19.4 Å². The second-order valence-electron chi connectivity index (χ2n) is 10.9. The molecule has 0 unspecified atom stereocenters. The summed E-state index contributed by atoms with van der Waals surface area (Å²) in [6.07, 6.45) is 9.93. The second kappa shape index (κ2) is 9.61. The number of carbonyl (C=O) groups is 1. The van der Waals surface area contributed by atoms with Gasteiger partial charge >= 0.3 is 6.09 Å². The number of likely N-dealkylation sites (tertiary alicyclic amines) is 1. The van der Waals surface area contributed by atoms with Gasteiger partial charge in [-0.15, -0.1) is 0 Å². The van der Waals surface area contributed by atoms with Gasteiger partial charge in [0, 0.05) is 63.0 Å². The van der Waals surface area contributed by atoms with Gasteiger partial charge in [-0.25, -0.2) is 14.8 Å². The number of hydrogen-bond donors (Lipinski definition) is 0. The number of anilines is 1. The maximum absolute atomic E-state index is 12.6. The van der Waals surface area contributed by atoms with Crippen LogP contribution in [0.2, 0.25) is 0 Å². The molecular weight excluding hydrogens is 456 g/mol. The number of hydrogen-bond acceptors (Lipinski definition) is 8. The van der Waals surface area contributed by atoms with Gasteiger partial charge in [-0.05, 0) is 57.6 Å². The first kappa shape index (κ1) is 24.4. The summed E-state index contributed by atoms with van der Waals surface area (Å²) >= 11 is 0. The summed E-state index contributed by atoms with van der Waals surface area (Å²) in [6.45, 7) is 9.40. The Hall–Kier alpha value is -3.33. The lowest BCUT2D eigenvalue weighted by molar-refractivity contribution is 0.0266. The first-order chi connectivity index (χ1) is 17.3. The number of rotatable bonds is 4. The van der Waals surface area contributed by atoms with Crippen molar-refractivity contribution in [2.24, 2.45) is 5.41 Å². The maximum Gasteiger partial charge on any atom is 0.410 e. The van der Waals surface area contributed by atoms with Crippen molar-refractivity contribution in [1.82, 2.24) is 24.8 Å². The van der Waals surface area contributed by atoms with E-state index in [0.29, 0.717) is 12.4 Å².